The first kappa shape index (κ1) is 12.4. The van der Waals surface area contributed by atoms with Gasteiger partial charge in [-0.3, -0.25) is 4.79 Å². The third-order valence-electron chi connectivity index (χ3n) is 2.87. The molecule has 18 heavy (non-hydrogen) atoms. The van der Waals surface area contributed by atoms with Crippen molar-refractivity contribution in [1.82, 2.24) is 10.3 Å². The van der Waals surface area contributed by atoms with Crippen LogP contribution >= 0.6 is 0 Å². The lowest BCUT2D eigenvalue weighted by Gasteiger charge is -2.27. The van der Waals surface area contributed by atoms with Crippen LogP contribution in [0.2, 0.25) is 0 Å². The maximum atomic E-state index is 11.6. The average molecular weight is 243 g/mol. The van der Waals surface area contributed by atoms with Crippen molar-refractivity contribution >= 4 is 11.7 Å². The number of hydrogen-bond acceptors (Lipinski definition) is 4. The van der Waals surface area contributed by atoms with E-state index in [1.54, 1.807) is 12.3 Å². The molecule has 2 rings (SSSR count). The zero-order valence-electron chi connectivity index (χ0n) is 10.1. The van der Waals surface area contributed by atoms with E-state index in [1.165, 1.54) is 0 Å². The Kier molecular flexibility index (Phi) is 4.13. The molecule has 1 saturated heterocycles. The van der Waals surface area contributed by atoms with E-state index in [0.717, 1.165) is 31.7 Å². The summed E-state index contributed by atoms with van der Waals surface area (Å²) in [6, 6.07) is 5.46. The van der Waals surface area contributed by atoms with Crippen molar-refractivity contribution in [2.24, 2.45) is 0 Å². The van der Waals surface area contributed by atoms with Crippen molar-refractivity contribution in [1.29, 1.82) is 5.26 Å². The Morgan fingerprint density at radius 3 is 2.83 bits per heavy atom. The van der Waals surface area contributed by atoms with Crippen molar-refractivity contribution < 1.29 is 4.79 Å². The maximum Gasteiger partial charge on any atom is 0.253 e. The fourth-order valence-electron chi connectivity index (χ4n) is 1.91. The molecule has 0 saturated carbocycles. The van der Waals surface area contributed by atoms with Crippen molar-refractivity contribution in [2.45, 2.75) is 12.8 Å². The molecule has 0 aliphatic carbocycles. The van der Waals surface area contributed by atoms with E-state index in [-0.39, 0.29) is 12.5 Å². The molecule has 1 N–H and O–H groups in total. The Hall–Kier alpha value is -2.09. The normalized spacial score (nSPS) is 14.9. The van der Waals surface area contributed by atoms with E-state index in [1.807, 2.05) is 12.1 Å². The summed E-state index contributed by atoms with van der Waals surface area (Å²) >= 11 is 0. The van der Waals surface area contributed by atoms with E-state index in [2.05, 4.69) is 21.6 Å². The lowest BCUT2D eigenvalue weighted by Crippen LogP contribution is -2.30. The standard InChI is InChI=1S/C13H15N4O/c14-6-7-15-13(18)11-4-5-12(16-10-11)17-8-2-1-3-9-17/h1,4-5,10H,2-3,7-9H2,(H,15,18). The molecule has 0 aromatic carbocycles. The number of nitrogens with one attached hydrogen (secondary N) is 1. The first-order valence-corrected chi connectivity index (χ1v) is 5.99. The summed E-state index contributed by atoms with van der Waals surface area (Å²) in [4.78, 5) is 18.1. The molecular formula is C13H15N4O. The average Bonchev–Trinajstić information content (AvgIpc) is 2.46. The van der Waals surface area contributed by atoms with Crippen molar-refractivity contribution in [3.63, 3.8) is 0 Å². The predicted molar refractivity (Wildman–Crippen MR) is 67.9 cm³/mol. The van der Waals surface area contributed by atoms with Gasteiger partial charge in [-0.1, -0.05) is 0 Å². The van der Waals surface area contributed by atoms with Crippen LogP contribution in [0.5, 0.6) is 0 Å². The third kappa shape index (κ3) is 2.98. The van der Waals surface area contributed by atoms with Crippen LogP contribution in [0.25, 0.3) is 0 Å². The molecule has 1 radical (unpaired) electrons. The Labute approximate surface area is 106 Å². The van der Waals surface area contributed by atoms with Crippen LogP contribution in [0, 0.1) is 17.8 Å². The minimum atomic E-state index is -0.262. The summed E-state index contributed by atoms with van der Waals surface area (Å²) in [5.74, 6) is 0.641. The van der Waals surface area contributed by atoms with Gasteiger partial charge >= 0.3 is 0 Å². The number of nitriles is 1. The van der Waals surface area contributed by atoms with Crippen molar-refractivity contribution in [3.05, 3.63) is 30.3 Å². The van der Waals surface area contributed by atoms with Gasteiger partial charge < -0.3 is 10.2 Å². The highest BCUT2D eigenvalue weighted by Crippen LogP contribution is 2.16. The molecule has 5 nitrogen and oxygen atoms in total. The molecule has 1 fully saturated rings. The number of piperidine rings is 1. The summed E-state index contributed by atoms with van der Waals surface area (Å²) in [6.07, 6.45) is 5.98. The van der Waals surface area contributed by atoms with Gasteiger partial charge in [0.2, 0.25) is 0 Å². The number of amides is 1. The summed E-state index contributed by atoms with van der Waals surface area (Å²) in [7, 11) is 0. The molecule has 5 heteroatoms. The number of nitrogens with zero attached hydrogens (tertiary/aromatic N) is 3. The van der Waals surface area contributed by atoms with Crippen LogP contribution in [0.4, 0.5) is 5.82 Å². The lowest BCUT2D eigenvalue weighted by molar-refractivity contribution is 0.0958. The van der Waals surface area contributed by atoms with Gasteiger partial charge in [0.1, 0.15) is 12.4 Å². The number of anilines is 1. The Morgan fingerprint density at radius 1 is 1.44 bits per heavy atom. The second-order valence-electron chi connectivity index (χ2n) is 4.10. The second-order valence-corrected chi connectivity index (χ2v) is 4.10. The molecule has 1 aromatic heterocycles. The monoisotopic (exact) mass is 243 g/mol. The minimum Gasteiger partial charge on any atom is -0.357 e. The van der Waals surface area contributed by atoms with E-state index >= 15 is 0 Å². The van der Waals surface area contributed by atoms with Gasteiger partial charge in [-0.15, -0.1) is 0 Å². The fraction of sp³-hybridized carbons (Fsp3) is 0.385. The van der Waals surface area contributed by atoms with Crippen LogP contribution in [0.15, 0.2) is 18.3 Å². The van der Waals surface area contributed by atoms with Gasteiger partial charge in [-0.25, -0.2) is 4.98 Å². The second kappa shape index (κ2) is 6.01. The van der Waals surface area contributed by atoms with E-state index in [0.29, 0.717) is 5.56 Å². The van der Waals surface area contributed by atoms with Gasteiger partial charge in [0.25, 0.3) is 5.91 Å². The third-order valence-corrected chi connectivity index (χ3v) is 2.87. The molecule has 0 unspecified atom stereocenters. The fourth-order valence-corrected chi connectivity index (χ4v) is 1.91. The Bertz CT molecular complexity index is 443. The quantitative estimate of drug-likeness (QED) is 0.808. The summed E-state index contributed by atoms with van der Waals surface area (Å²) in [5, 5.41) is 10.9. The first-order valence-electron chi connectivity index (χ1n) is 5.99. The van der Waals surface area contributed by atoms with Crippen LogP contribution in [-0.2, 0) is 0 Å². The molecule has 2 heterocycles. The van der Waals surface area contributed by atoms with Gasteiger partial charge in [0, 0.05) is 19.3 Å². The van der Waals surface area contributed by atoms with Crippen LogP contribution in [0.3, 0.4) is 0 Å². The van der Waals surface area contributed by atoms with Crippen LogP contribution in [-0.4, -0.2) is 30.5 Å². The largest absolute Gasteiger partial charge is 0.357 e. The molecule has 0 atom stereocenters. The van der Waals surface area contributed by atoms with Crippen molar-refractivity contribution in [3.8, 4) is 6.07 Å². The summed E-state index contributed by atoms with van der Waals surface area (Å²) in [6.45, 7) is 1.97. The zero-order valence-corrected chi connectivity index (χ0v) is 10.1. The number of carbonyl (C=O) groups is 1. The SMILES string of the molecule is N#CCNC(=O)c1ccc(N2CC[CH]CC2)nc1. The van der Waals surface area contributed by atoms with E-state index in [4.69, 9.17) is 5.26 Å². The number of carbonyl (C=O) groups excluding carboxylic acids is 1. The Morgan fingerprint density at radius 2 is 2.22 bits per heavy atom. The Balaban J connectivity index is 2.00. The topological polar surface area (TPSA) is 69.0 Å². The van der Waals surface area contributed by atoms with E-state index < -0.39 is 0 Å². The molecule has 0 bridgehead atoms. The summed E-state index contributed by atoms with van der Waals surface area (Å²) < 4.78 is 0. The smallest absolute Gasteiger partial charge is 0.253 e. The lowest BCUT2D eigenvalue weighted by atomic mass is 10.1. The number of hydrogen-bond donors (Lipinski definition) is 1. The molecular weight excluding hydrogens is 228 g/mol. The number of rotatable bonds is 3. The molecule has 1 aromatic rings. The molecule has 93 valence electrons. The van der Waals surface area contributed by atoms with Gasteiger partial charge in [-0.2, -0.15) is 5.26 Å². The van der Waals surface area contributed by atoms with Crippen molar-refractivity contribution in [2.75, 3.05) is 24.5 Å². The zero-order chi connectivity index (χ0) is 12.8. The molecule has 0 spiro atoms. The molecule has 1 amide bonds. The predicted octanol–water partition coefficient (Wildman–Crippen LogP) is 1.14. The maximum absolute atomic E-state index is 11.6. The highest BCUT2D eigenvalue weighted by atomic mass is 16.1. The van der Waals surface area contributed by atoms with E-state index in [9.17, 15) is 4.79 Å². The number of pyridine rings is 1. The van der Waals surface area contributed by atoms with Gasteiger partial charge in [0.05, 0.1) is 11.6 Å². The van der Waals surface area contributed by atoms with Gasteiger partial charge in [-0.05, 0) is 31.4 Å². The minimum absolute atomic E-state index is 0.0164. The first-order chi connectivity index (χ1) is 8.81. The van der Waals surface area contributed by atoms with Gasteiger partial charge in [0.15, 0.2) is 0 Å². The molecule has 1 aliphatic rings. The summed E-state index contributed by atoms with van der Waals surface area (Å²) in [5.41, 5.74) is 0.484. The highest BCUT2D eigenvalue weighted by molar-refractivity contribution is 5.94. The highest BCUT2D eigenvalue weighted by Gasteiger charge is 2.12. The van der Waals surface area contributed by atoms with Crippen LogP contribution < -0.4 is 10.2 Å². The molecule has 1 aliphatic heterocycles. The number of aromatic nitrogens is 1. The van der Waals surface area contributed by atoms with Crippen LogP contribution in [0.1, 0.15) is 23.2 Å².